The van der Waals surface area contributed by atoms with Gasteiger partial charge < -0.3 is 15.7 Å². The predicted octanol–water partition coefficient (Wildman–Crippen LogP) is 2.09. The van der Waals surface area contributed by atoms with Gasteiger partial charge in [-0.3, -0.25) is 0 Å². The Balaban J connectivity index is 1.84. The number of pyridine rings is 1. The molecule has 0 spiro atoms. The lowest BCUT2D eigenvalue weighted by molar-refractivity contribution is 0.105. The Morgan fingerprint density at radius 3 is 3.12 bits per heavy atom. The molecule has 1 saturated carbocycles. The fourth-order valence-corrected chi connectivity index (χ4v) is 2.39. The highest BCUT2D eigenvalue weighted by Gasteiger charge is 2.19. The van der Waals surface area contributed by atoms with E-state index in [1.165, 1.54) is 6.42 Å². The van der Waals surface area contributed by atoms with E-state index in [1.54, 1.807) is 6.20 Å². The van der Waals surface area contributed by atoms with Gasteiger partial charge in [-0.1, -0.05) is 6.42 Å². The molecule has 2 rings (SSSR count). The number of nitrogens with one attached hydrogen (secondary N) is 2. The molecule has 1 fully saturated rings. The lowest BCUT2D eigenvalue weighted by atomic mass is 9.87. The summed E-state index contributed by atoms with van der Waals surface area (Å²) in [6.45, 7) is 0.935. The van der Waals surface area contributed by atoms with Gasteiger partial charge in [0.2, 0.25) is 0 Å². The average Bonchev–Trinajstić information content (AvgIpc) is 2.37. The highest BCUT2D eigenvalue weighted by Crippen LogP contribution is 2.24. The third-order valence-electron chi connectivity index (χ3n) is 3.37. The first-order valence-electron chi connectivity index (χ1n) is 6.33. The minimum absolute atomic E-state index is 0.0964. The van der Waals surface area contributed by atoms with Gasteiger partial charge in [-0.05, 0) is 31.2 Å². The van der Waals surface area contributed by atoms with Gasteiger partial charge in [-0.25, -0.2) is 4.98 Å². The first-order chi connectivity index (χ1) is 8.28. The van der Waals surface area contributed by atoms with Crippen molar-refractivity contribution in [3.8, 4) is 0 Å². The van der Waals surface area contributed by atoms with Gasteiger partial charge >= 0.3 is 0 Å². The smallest absolute Gasteiger partial charge is 0.127 e. The molecule has 4 heteroatoms. The number of aliphatic hydroxyl groups is 1. The number of anilines is 2. The normalized spacial score (nSPS) is 24.4. The van der Waals surface area contributed by atoms with E-state index < -0.39 is 0 Å². The first-order valence-corrected chi connectivity index (χ1v) is 6.33. The monoisotopic (exact) mass is 235 g/mol. The standard InChI is InChI=1S/C13H21N3O/c1-14-13-8-11(5-6-15-13)16-9-10-3-2-4-12(17)7-10/h5-6,8,10,12,17H,2-4,7,9H2,1H3,(H2,14,15,16). The first kappa shape index (κ1) is 12.2. The Kier molecular flexibility index (Phi) is 4.20. The van der Waals surface area contributed by atoms with Crippen LogP contribution in [-0.4, -0.2) is 29.8 Å². The SMILES string of the molecule is CNc1cc(NCC2CCCC(O)C2)ccn1. The van der Waals surface area contributed by atoms with Crippen molar-refractivity contribution >= 4 is 11.5 Å². The van der Waals surface area contributed by atoms with Gasteiger partial charge in [0.25, 0.3) is 0 Å². The summed E-state index contributed by atoms with van der Waals surface area (Å²) in [6.07, 6.45) is 5.96. The van der Waals surface area contributed by atoms with Crippen molar-refractivity contribution in [2.24, 2.45) is 5.92 Å². The molecule has 0 aromatic carbocycles. The molecule has 0 amide bonds. The van der Waals surface area contributed by atoms with Crippen LogP contribution in [0.3, 0.4) is 0 Å². The quantitative estimate of drug-likeness (QED) is 0.748. The van der Waals surface area contributed by atoms with E-state index in [4.69, 9.17) is 0 Å². The summed E-state index contributed by atoms with van der Waals surface area (Å²) < 4.78 is 0. The minimum atomic E-state index is -0.0964. The number of rotatable bonds is 4. The summed E-state index contributed by atoms with van der Waals surface area (Å²) in [4.78, 5) is 4.17. The maximum atomic E-state index is 9.61. The maximum Gasteiger partial charge on any atom is 0.127 e. The van der Waals surface area contributed by atoms with Gasteiger partial charge in [0.15, 0.2) is 0 Å². The molecule has 2 unspecified atom stereocenters. The number of aromatic nitrogens is 1. The fourth-order valence-electron chi connectivity index (χ4n) is 2.39. The number of aliphatic hydroxyl groups excluding tert-OH is 1. The summed E-state index contributed by atoms with van der Waals surface area (Å²) in [5.41, 5.74) is 1.09. The summed E-state index contributed by atoms with van der Waals surface area (Å²) in [5.74, 6) is 1.46. The number of hydrogen-bond donors (Lipinski definition) is 3. The van der Waals surface area contributed by atoms with E-state index in [2.05, 4.69) is 15.6 Å². The van der Waals surface area contributed by atoms with E-state index >= 15 is 0 Å². The van der Waals surface area contributed by atoms with Gasteiger partial charge in [0, 0.05) is 31.5 Å². The Bertz CT molecular complexity index is 356. The Morgan fingerprint density at radius 2 is 2.35 bits per heavy atom. The van der Waals surface area contributed by atoms with Crippen LogP contribution in [0.1, 0.15) is 25.7 Å². The van der Waals surface area contributed by atoms with Gasteiger partial charge in [0.1, 0.15) is 5.82 Å². The molecule has 1 aliphatic carbocycles. The maximum absolute atomic E-state index is 9.61. The van der Waals surface area contributed by atoms with Crippen LogP contribution < -0.4 is 10.6 Å². The third kappa shape index (κ3) is 3.60. The topological polar surface area (TPSA) is 57.2 Å². The summed E-state index contributed by atoms with van der Waals surface area (Å²) in [7, 11) is 1.86. The molecule has 0 radical (unpaired) electrons. The molecule has 4 nitrogen and oxygen atoms in total. The molecule has 94 valence electrons. The molecule has 1 aromatic rings. The van der Waals surface area contributed by atoms with Gasteiger partial charge in [0.05, 0.1) is 6.10 Å². The van der Waals surface area contributed by atoms with Crippen LogP contribution in [-0.2, 0) is 0 Å². The lowest BCUT2D eigenvalue weighted by Crippen LogP contribution is -2.25. The average molecular weight is 235 g/mol. The summed E-state index contributed by atoms with van der Waals surface area (Å²) in [6, 6.07) is 3.97. The van der Waals surface area contributed by atoms with Crippen LogP contribution in [0.25, 0.3) is 0 Å². The zero-order valence-electron chi connectivity index (χ0n) is 10.3. The number of nitrogens with zero attached hydrogens (tertiary/aromatic N) is 1. The van der Waals surface area contributed by atoms with Crippen molar-refractivity contribution in [3.63, 3.8) is 0 Å². The third-order valence-corrected chi connectivity index (χ3v) is 3.37. The highest BCUT2D eigenvalue weighted by molar-refractivity contribution is 5.51. The molecule has 0 bridgehead atoms. The van der Waals surface area contributed by atoms with Crippen LogP contribution in [0.15, 0.2) is 18.3 Å². The van der Waals surface area contributed by atoms with Crippen LogP contribution in [0.5, 0.6) is 0 Å². The molecule has 1 aliphatic rings. The molecule has 0 saturated heterocycles. The second kappa shape index (κ2) is 5.87. The van der Waals surface area contributed by atoms with Crippen molar-refractivity contribution in [1.29, 1.82) is 0 Å². The summed E-state index contributed by atoms with van der Waals surface area (Å²) >= 11 is 0. The Labute approximate surface area is 102 Å². The van der Waals surface area contributed by atoms with Crippen LogP contribution in [0.4, 0.5) is 11.5 Å². The Hall–Kier alpha value is -1.29. The van der Waals surface area contributed by atoms with E-state index in [9.17, 15) is 5.11 Å². The minimum Gasteiger partial charge on any atom is -0.393 e. The molecule has 2 atom stereocenters. The molecule has 1 aromatic heterocycles. The summed E-state index contributed by atoms with van der Waals surface area (Å²) in [5, 5.41) is 16.1. The van der Waals surface area contributed by atoms with E-state index in [0.717, 1.165) is 37.3 Å². The number of hydrogen-bond acceptors (Lipinski definition) is 4. The fraction of sp³-hybridized carbons (Fsp3) is 0.615. The zero-order valence-corrected chi connectivity index (χ0v) is 10.3. The molecule has 3 N–H and O–H groups in total. The molecule has 0 aliphatic heterocycles. The molecule has 17 heavy (non-hydrogen) atoms. The van der Waals surface area contributed by atoms with Crippen molar-refractivity contribution < 1.29 is 5.11 Å². The molecular weight excluding hydrogens is 214 g/mol. The molecular formula is C13H21N3O. The van der Waals surface area contributed by atoms with E-state index in [0.29, 0.717) is 5.92 Å². The predicted molar refractivity (Wildman–Crippen MR) is 70.2 cm³/mol. The van der Waals surface area contributed by atoms with E-state index in [-0.39, 0.29) is 6.10 Å². The van der Waals surface area contributed by atoms with Gasteiger partial charge in [-0.2, -0.15) is 0 Å². The Morgan fingerprint density at radius 1 is 1.47 bits per heavy atom. The van der Waals surface area contributed by atoms with Crippen LogP contribution >= 0.6 is 0 Å². The second-order valence-corrected chi connectivity index (χ2v) is 4.75. The van der Waals surface area contributed by atoms with Crippen molar-refractivity contribution in [1.82, 2.24) is 4.98 Å². The highest BCUT2D eigenvalue weighted by atomic mass is 16.3. The lowest BCUT2D eigenvalue weighted by Gasteiger charge is -2.26. The van der Waals surface area contributed by atoms with Crippen LogP contribution in [0.2, 0.25) is 0 Å². The van der Waals surface area contributed by atoms with Crippen LogP contribution in [0, 0.1) is 5.92 Å². The van der Waals surface area contributed by atoms with Crippen molar-refractivity contribution in [3.05, 3.63) is 18.3 Å². The largest absolute Gasteiger partial charge is 0.393 e. The van der Waals surface area contributed by atoms with Crippen molar-refractivity contribution in [2.45, 2.75) is 31.8 Å². The van der Waals surface area contributed by atoms with Gasteiger partial charge in [-0.15, -0.1) is 0 Å². The van der Waals surface area contributed by atoms with E-state index in [1.807, 2.05) is 19.2 Å². The second-order valence-electron chi connectivity index (χ2n) is 4.75. The van der Waals surface area contributed by atoms with Crippen molar-refractivity contribution in [2.75, 3.05) is 24.2 Å². The zero-order chi connectivity index (χ0) is 12.1. The molecule has 1 heterocycles.